The molecule has 7 heteroatoms. The van der Waals surface area contributed by atoms with Crippen molar-refractivity contribution in [1.29, 1.82) is 0 Å². The summed E-state index contributed by atoms with van der Waals surface area (Å²) < 4.78 is 15.9. The van der Waals surface area contributed by atoms with Crippen LogP contribution in [0, 0.1) is 0 Å². The molecule has 0 fully saturated rings. The molecule has 0 heterocycles. The Labute approximate surface area is 164 Å². The summed E-state index contributed by atoms with van der Waals surface area (Å²) in [7, 11) is 4.58. The van der Waals surface area contributed by atoms with Gasteiger partial charge in [-0.05, 0) is 31.5 Å². The molecule has 2 N–H and O–H groups in total. The van der Waals surface area contributed by atoms with Gasteiger partial charge in [-0.1, -0.05) is 23.7 Å². The molecule has 0 aliphatic rings. The van der Waals surface area contributed by atoms with E-state index in [0.717, 1.165) is 5.56 Å². The minimum absolute atomic E-state index is 0.131. The first-order chi connectivity index (χ1) is 12.8. The van der Waals surface area contributed by atoms with Crippen LogP contribution in [-0.2, 0) is 10.3 Å². The Bertz CT molecular complexity index is 766. The number of methoxy groups -OCH3 is 3. The lowest BCUT2D eigenvalue weighted by molar-refractivity contribution is -0.115. The van der Waals surface area contributed by atoms with Crippen molar-refractivity contribution in [1.82, 2.24) is 5.32 Å². The second kappa shape index (κ2) is 8.97. The number of hydrogen-bond acceptors (Lipinski definition) is 5. The standard InChI is InChI=1S/C20H25ClN2O4/c1-20(2,13-6-8-14(21)9-7-13)22-12-18(24)23-15-10-16(25-3)19(27-5)17(11-15)26-4/h6-11,22H,12H2,1-5H3,(H,23,24). The second-order valence-corrected chi connectivity index (χ2v) is 6.88. The molecular formula is C20H25ClN2O4. The highest BCUT2D eigenvalue weighted by Crippen LogP contribution is 2.39. The normalized spacial score (nSPS) is 11.0. The van der Waals surface area contributed by atoms with Crippen molar-refractivity contribution in [3.63, 3.8) is 0 Å². The van der Waals surface area contributed by atoms with E-state index in [1.165, 1.54) is 21.3 Å². The fraction of sp³-hybridized carbons (Fsp3) is 0.350. The topological polar surface area (TPSA) is 68.8 Å². The third-order valence-corrected chi connectivity index (χ3v) is 4.46. The number of amides is 1. The Balaban J connectivity index is 2.06. The molecule has 0 saturated carbocycles. The molecule has 2 rings (SSSR count). The maximum absolute atomic E-state index is 12.4. The number of rotatable bonds is 8. The van der Waals surface area contributed by atoms with Gasteiger partial charge in [-0.2, -0.15) is 0 Å². The highest BCUT2D eigenvalue weighted by molar-refractivity contribution is 6.30. The smallest absolute Gasteiger partial charge is 0.238 e. The first-order valence-corrected chi connectivity index (χ1v) is 8.79. The third-order valence-electron chi connectivity index (χ3n) is 4.21. The van der Waals surface area contributed by atoms with Gasteiger partial charge in [0.1, 0.15) is 0 Å². The monoisotopic (exact) mass is 392 g/mol. The number of benzene rings is 2. The van der Waals surface area contributed by atoms with Gasteiger partial charge in [0, 0.05) is 28.4 Å². The summed E-state index contributed by atoms with van der Waals surface area (Å²) in [6.45, 7) is 4.14. The molecule has 0 unspecified atom stereocenters. The summed E-state index contributed by atoms with van der Waals surface area (Å²) in [5.41, 5.74) is 1.20. The molecule has 27 heavy (non-hydrogen) atoms. The lowest BCUT2D eigenvalue weighted by Crippen LogP contribution is -2.41. The molecule has 6 nitrogen and oxygen atoms in total. The Morgan fingerprint density at radius 1 is 1.00 bits per heavy atom. The van der Waals surface area contributed by atoms with Crippen LogP contribution in [0.25, 0.3) is 0 Å². The first-order valence-electron chi connectivity index (χ1n) is 8.41. The van der Waals surface area contributed by atoms with Crippen LogP contribution in [0.5, 0.6) is 17.2 Å². The van der Waals surface area contributed by atoms with E-state index in [1.54, 1.807) is 12.1 Å². The minimum Gasteiger partial charge on any atom is -0.493 e. The van der Waals surface area contributed by atoms with Crippen LogP contribution < -0.4 is 24.8 Å². The van der Waals surface area contributed by atoms with Gasteiger partial charge >= 0.3 is 0 Å². The molecule has 0 bridgehead atoms. The van der Waals surface area contributed by atoms with Crippen LogP contribution in [0.2, 0.25) is 5.02 Å². The molecule has 1 amide bonds. The highest BCUT2D eigenvalue weighted by atomic mass is 35.5. The van der Waals surface area contributed by atoms with Crippen LogP contribution in [0.3, 0.4) is 0 Å². The summed E-state index contributed by atoms with van der Waals surface area (Å²) in [6.07, 6.45) is 0. The summed E-state index contributed by atoms with van der Waals surface area (Å²) in [4.78, 5) is 12.4. The number of halogens is 1. The molecule has 0 aromatic heterocycles. The van der Waals surface area contributed by atoms with Gasteiger partial charge in [0.2, 0.25) is 11.7 Å². The van der Waals surface area contributed by atoms with Gasteiger partial charge in [-0.25, -0.2) is 0 Å². The molecular weight excluding hydrogens is 368 g/mol. The van der Waals surface area contributed by atoms with Crippen LogP contribution >= 0.6 is 11.6 Å². The predicted molar refractivity (Wildman–Crippen MR) is 107 cm³/mol. The van der Waals surface area contributed by atoms with Crippen molar-refractivity contribution in [3.05, 3.63) is 47.0 Å². The van der Waals surface area contributed by atoms with E-state index in [9.17, 15) is 4.79 Å². The number of anilines is 1. The molecule has 146 valence electrons. The maximum atomic E-state index is 12.4. The largest absolute Gasteiger partial charge is 0.493 e. The van der Waals surface area contributed by atoms with Crippen molar-refractivity contribution < 1.29 is 19.0 Å². The van der Waals surface area contributed by atoms with Crippen molar-refractivity contribution >= 4 is 23.2 Å². The summed E-state index contributed by atoms with van der Waals surface area (Å²) in [5.74, 6) is 1.23. The Hall–Kier alpha value is -2.44. The Kier molecular flexibility index (Phi) is 6.93. The van der Waals surface area contributed by atoms with Gasteiger partial charge in [-0.3, -0.25) is 10.1 Å². The molecule has 2 aromatic carbocycles. The van der Waals surface area contributed by atoms with E-state index in [4.69, 9.17) is 25.8 Å². The number of ether oxygens (including phenoxy) is 3. The molecule has 0 atom stereocenters. The summed E-state index contributed by atoms with van der Waals surface area (Å²) >= 11 is 5.94. The Morgan fingerprint density at radius 3 is 2.04 bits per heavy atom. The van der Waals surface area contributed by atoms with Crippen molar-refractivity contribution in [3.8, 4) is 17.2 Å². The van der Waals surface area contributed by atoms with Crippen molar-refractivity contribution in [2.75, 3.05) is 33.2 Å². The SMILES string of the molecule is COc1cc(NC(=O)CNC(C)(C)c2ccc(Cl)cc2)cc(OC)c1OC. The zero-order valence-corrected chi connectivity index (χ0v) is 16.9. The summed E-state index contributed by atoms with van der Waals surface area (Å²) in [6, 6.07) is 10.9. The molecule has 0 aliphatic carbocycles. The molecule has 0 aliphatic heterocycles. The van der Waals surface area contributed by atoms with E-state index in [1.807, 2.05) is 38.1 Å². The second-order valence-electron chi connectivity index (χ2n) is 6.45. The number of carbonyl (C=O) groups excluding carboxylic acids is 1. The zero-order valence-electron chi connectivity index (χ0n) is 16.2. The van der Waals surface area contributed by atoms with E-state index >= 15 is 0 Å². The van der Waals surface area contributed by atoms with Gasteiger partial charge in [-0.15, -0.1) is 0 Å². The van der Waals surface area contributed by atoms with Gasteiger partial charge < -0.3 is 19.5 Å². The fourth-order valence-electron chi connectivity index (χ4n) is 2.63. The average molecular weight is 393 g/mol. The zero-order chi connectivity index (χ0) is 20.0. The minimum atomic E-state index is -0.392. The number of carbonyl (C=O) groups is 1. The summed E-state index contributed by atoms with van der Waals surface area (Å²) in [5, 5.41) is 6.77. The molecule has 0 spiro atoms. The van der Waals surface area contributed by atoms with E-state index in [0.29, 0.717) is 28.0 Å². The first kappa shape index (κ1) is 20.9. The van der Waals surface area contributed by atoms with Crippen LogP contribution in [0.15, 0.2) is 36.4 Å². The van der Waals surface area contributed by atoms with Crippen LogP contribution in [-0.4, -0.2) is 33.8 Å². The van der Waals surface area contributed by atoms with E-state index in [-0.39, 0.29) is 12.5 Å². The van der Waals surface area contributed by atoms with Gasteiger partial charge in [0.25, 0.3) is 0 Å². The fourth-order valence-corrected chi connectivity index (χ4v) is 2.75. The van der Waals surface area contributed by atoms with Crippen molar-refractivity contribution in [2.45, 2.75) is 19.4 Å². The van der Waals surface area contributed by atoms with E-state index < -0.39 is 5.54 Å². The quantitative estimate of drug-likeness (QED) is 0.714. The number of nitrogens with one attached hydrogen (secondary N) is 2. The average Bonchev–Trinajstić information content (AvgIpc) is 2.66. The lowest BCUT2D eigenvalue weighted by atomic mass is 9.94. The predicted octanol–water partition coefficient (Wildman–Crippen LogP) is 3.83. The third kappa shape index (κ3) is 5.28. The molecule has 0 radical (unpaired) electrons. The number of hydrogen-bond donors (Lipinski definition) is 2. The van der Waals surface area contributed by atoms with Crippen LogP contribution in [0.4, 0.5) is 5.69 Å². The lowest BCUT2D eigenvalue weighted by Gasteiger charge is -2.27. The van der Waals surface area contributed by atoms with Gasteiger partial charge in [0.05, 0.1) is 27.9 Å². The van der Waals surface area contributed by atoms with Crippen molar-refractivity contribution in [2.24, 2.45) is 0 Å². The molecule has 0 saturated heterocycles. The molecule has 2 aromatic rings. The van der Waals surface area contributed by atoms with Gasteiger partial charge in [0.15, 0.2) is 11.5 Å². The maximum Gasteiger partial charge on any atom is 0.238 e. The van der Waals surface area contributed by atoms with Crippen LogP contribution in [0.1, 0.15) is 19.4 Å². The Morgan fingerprint density at radius 2 is 1.56 bits per heavy atom. The van der Waals surface area contributed by atoms with E-state index in [2.05, 4.69) is 10.6 Å². The highest BCUT2D eigenvalue weighted by Gasteiger charge is 2.21.